The van der Waals surface area contributed by atoms with Gasteiger partial charge in [-0.25, -0.2) is 14.8 Å². The fraction of sp³-hybridized carbons (Fsp3) is 0.278. The van der Waals surface area contributed by atoms with E-state index in [1.165, 1.54) is 22.7 Å². The van der Waals surface area contributed by atoms with Gasteiger partial charge in [-0.05, 0) is 26.0 Å². The van der Waals surface area contributed by atoms with Gasteiger partial charge in [0.15, 0.2) is 11.5 Å². The van der Waals surface area contributed by atoms with E-state index in [1.807, 2.05) is 30.5 Å². The van der Waals surface area contributed by atoms with Crippen LogP contribution in [0.15, 0.2) is 23.6 Å². The van der Waals surface area contributed by atoms with Crippen molar-refractivity contribution in [3.05, 3.63) is 44.9 Å². The number of hydrogen-bond acceptors (Lipinski definition) is 8. The standard InChI is InChI=1S/C18H18N2O4S2/c1-10-16(26-11(2)19-10)18(21)24-8-12-9-25-17(20-12)13-6-5-7-14(22-3)15(13)23-4/h5-7,9H,8H2,1-4H3. The summed E-state index contributed by atoms with van der Waals surface area (Å²) in [6, 6.07) is 5.63. The summed E-state index contributed by atoms with van der Waals surface area (Å²) in [5.41, 5.74) is 2.21. The minimum Gasteiger partial charge on any atom is -0.493 e. The molecule has 0 spiro atoms. The number of methoxy groups -OCH3 is 2. The molecule has 6 nitrogen and oxygen atoms in total. The van der Waals surface area contributed by atoms with Crippen molar-refractivity contribution in [1.82, 2.24) is 9.97 Å². The molecule has 0 bridgehead atoms. The summed E-state index contributed by atoms with van der Waals surface area (Å²) in [6.45, 7) is 3.77. The van der Waals surface area contributed by atoms with Gasteiger partial charge in [0.05, 0.1) is 36.2 Å². The van der Waals surface area contributed by atoms with Crippen molar-refractivity contribution in [2.24, 2.45) is 0 Å². The van der Waals surface area contributed by atoms with Gasteiger partial charge in [0, 0.05) is 5.38 Å². The molecule has 0 amide bonds. The summed E-state index contributed by atoms with van der Waals surface area (Å²) in [5.74, 6) is 0.898. The highest BCUT2D eigenvalue weighted by atomic mass is 32.1. The van der Waals surface area contributed by atoms with E-state index in [0.717, 1.165) is 15.6 Å². The van der Waals surface area contributed by atoms with Crippen LogP contribution in [0.4, 0.5) is 0 Å². The fourth-order valence-corrected chi connectivity index (χ4v) is 4.12. The van der Waals surface area contributed by atoms with E-state index in [2.05, 4.69) is 9.97 Å². The number of benzene rings is 1. The van der Waals surface area contributed by atoms with Crippen LogP contribution >= 0.6 is 22.7 Å². The van der Waals surface area contributed by atoms with Gasteiger partial charge in [0.1, 0.15) is 16.5 Å². The Morgan fingerprint density at radius 1 is 1.15 bits per heavy atom. The highest BCUT2D eigenvalue weighted by molar-refractivity contribution is 7.13. The molecule has 3 rings (SSSR count). The fourth-order valence-electron chi connectivity index (χ4n) is 2.48. The van der Waals surface area contributed by atoms with Crippen LogP contribution in [-0.2, 0) is 11.3 Å². The van der Waals surface area contributed by atoms with Gasteiger partial charge in [-0.1, -0.05) is 6.07 Å². The van der Waals surface area contributed by atoms with Crippen molar-refractivity contribution in [2.45, 2.75) is 20.5 Å². The molecule has 1 aromatic carbocycles. The first-order valence-electron chi connectivity index (χ1n) is 7.80. The number of nitrogens with zero attached hydrogens (tertiary/aromatic N) is 2. The number of hydrogen-bond donors (Lipinski definition) is 0. The zero-order valence-corrected chi connectivity index (χ0v) is 16.5. The second-order valence-electron chi connectivity index (χ2n) is 5.41. The van der Waals surface area contributed by atoms with Crippen molar-refractivity contribution in [3.8, 4) is 22.1 Å². The molecule has 0 fully saturated rings. The van der Waals surface area contributed by atoms with Crippen LogP contribution in [0.2, 0.25) is 0 Å². The Labute approximate surface area is 159 Å². The molecule has 3 aromatic rings. The van der Waals surface area contributed by atoms with Crippen LogP contribution in [0.3, 0.4) is 0 Å². The second kappa shape index (κ2) is 7.84. The van der Waals surface area contributed by atoms with E-state index in [1.54, 1.807) is 21.1 Å². The first-order valence-corrected chi connectivity index (χ1v) is 9.50. The molecular weight excluding hydrogens is 372 g/mol. The highest BCUT2D eigenvalue weighted by Gasteiger charge is 2.17. The van der Waals surface area contributed by atoms with Crippen molar-refractivity contribution < 1.29 is 19.0 Å². The Hall–Kier alpha value is -2.45. The Balaban J connectivity index is 1.75. The Kier molecular flexibility index (Phi) is 5.53. The van der Waals surface area contributed by atoms with Crippen LogP contribution in [-0.4, -0.2) is 30.2 Å². The molecule has 0 atom stereocenters. The lowest BCUT2D eigenvalue weighted by atomic mass is 10.2. The smallest absolute Gasteiger partial charge is 0.350 e. The zero-order valence-electron chi connectivity index (χ0n) is 14.9. The lowest BCUT2D eigenvalue weighted by Crippen LogP contribution is -2.05. The third-order valence-corrected chi connectivity index (χ3v) is 5.60. The first kappa shape index (κ1) is 18.3. The third kappa shape index (κ3) is 3.71. The Morgan fingerprint density at radius 2 is 1.96 bits per heavy atom. The molecule has 0 radical (unpaired) electrons. The number of para-hydroxylation sites is 1. The van der Waals surface area contributed by atoms with Gasteiger partial charge >= 0.3 is 5.97 Å². The van der Waals surface area contributed by atoms with Gasteiger partial charge in [0.2, 0.25) is 0 Å². The van der Waals surface area contributed by atoms with Crippen LogP contribution in [0.5, 0.6) is 11.5 Å². The van der Waals surface area contributed by atoms with Crippen molar-refractivity contribution in [2.75, 3.05) is 14.2 Å². The number of thiazole rings is 2. The normalized spacial score (nSPS) is 10.6. The summed E-state index contributed by atoms with van der Waals surface area (Å²) in [6.07, 6.45) is 0. The van der Waals surface area contributed by atoms with Crippen molar-refractivity contribution >= 4 is 28.6 Å². The quantitative estimate of drug-likeness (QED) is 0.586. The van der Waals surface area contributed by atoms with Crippen molar-refractivity contribution in [3.63, 3.8) is 0 Å². The lowest BCUT2D eigenvalue weighted by Gasteiger charge is -2.10. The molecule has 26 heavy (non-hydrogen) atoms. The molecule has 2 heterocycles. The van der Waals surface area contributed by atoms with E-state index in [4.69, 9.17) is 14.2 Å². The summed E-state index contributed by atoms with van der Waals surface area (Å²) < 4.78 is 16.2. The first-order chi connectivity index (χ1) is 12.5. The van der Waals surface area contributed by atoms with E-state index in [0.29, 0.717) is 27.8 Å². The Bertz CT molecular complexity index is 933. The lowest BCUT2D eigenvalue weighted by molar-refractivity contribution is 0.0473. The molecule has 2 aromatic heterocycles. The second-order valence-corrected chi connectivity index (χ2v) is 7.47. The molecule has 0 aliphatic carbocycles. The van der Waals surface area contributed by atoms with Gasteiger partial charge < -0.3 is 14.2 Å². The summed E-state index contributed by atoms with van der Waals surface area (Å²) in [5, 5.41) is 3.49. The minimum atomic E-state index is -0.374. The van der Waals surface area contributed by atoms with E-state index < -0.39 is 0 Å². The SMILES string of the molecule is COc1cccc(-c2nc(COC(=O)c3sc(C)nc3C)cs2)c1OC. The van der Waals surface area contributed by atoms with Crippen molar-refractivity contribution in [1.29, 1.82) is 0 Å². The summed E-state index contributed by atoms with van der Waals surface area (Å²) in [4.78, 5) is 21.5. The minimum absolute atomic E-state index is 0.109. The van der Waals surface area contributed by atoms with Gasteiger partial charge in [0.25, 0.3) is 0 Å². The Morgan fingerprint density at radius 3 is 2.62 bits per heavy atom. The zero-order chi connectivity index (χ0) is 18.7. The van der Waals surface area contributed by atoms with E-state index >= 15 is 0 Å². The van der Waals surface area contributed by atoms with Crippen LogP contribution in [0, 0.1) is 13.8 Å². The van der Waals surface area contributed by atoms with Crippen LogP contribution < -0.4 is 9.47 Å². The molecule has 8 heteroatoms. The number of esters is 1. The van der Waals surface area contributed by atoms with Gasteiger partial charge in [-0.2, -0.15) is 0 Å². The number of aromatic nitrogens is 2. The molecule has 0 aliphatic heterocycles. The average Bonchev–Trinajstić information content (AvgIpc) is 3.24. The van der Waals surface area contributed by atoms with Gasteiger partial charge in [-0.3, -0.25) is 0 Å². The average molecular weight is 390 g/mol. The number of rotatable bonds is 6. The molecular formula is C18H18N2O4S2. The topological polar surface area (TPSA) is 70.5 Å². The molecule has 0 saturated heterocycles. The summed E-state index contributed by atoms with van der Waals surface area (Å²) in [7, 11) is 3.19. The monoisotopic (exact) mass is 390 g/mol. The molecule has 0 aliphatic rings. The number of carbonyl (C=O) groups is 1. The molecule has 0 N–H and O–H groups in total. The number of ether oxygens (including phenoxy) is 3. The van der Waals surface area contributed by atoms with E-state index in [-0.39, 0.29) is 12.6 Å². The van der Waals surface area contributed by atoms with Gasteiger partial charge in [-0.15, -0.1) is 22.7 Å². The number of aryl methyl sites for hydroxylation is 2. The predicted molar refractivity (Wildman–Crippen MR) is 101 cm³/mol. The maximum absolute atomic E-state index is 12.2. The maximum Gasteiger partial charge on any atom is 0.350 e. The highest BCUT2D eigenvalue weighted by Crippen LogP contribution is 2.39. The van der Waals surface area contributed by atoms with Crippen LogP contribution in [0.1, 0.15) is 26.1 Å². The molecule has 136 valence electrons. The predicted octanol–water partition coefficient (Wildman–Crippen LogP) is 4.26. The van der Waals surface area contributed by atoms with Crippen LogP contribution in [0.25, 0.3) is 10.6 Å². The number of carbonyl (C=O) groups excluding carboxylic acids is 1. The molecule has 0 saturated carbocycles. The summed E-state index contributed by atoms with van der Waals surface area (Å²) >= 11 is 2.79. The molecule has 0 unspecified atom stereocenters. The maximum atomic E-state index is 12.2. The van der Waals surface area contributed by atoms with E-state index in [9.17, 15) is 4.79 Å². The third-order valence-electron chi connectivity index (χ3n) is 3.63. The largest absolute Gasteiger partial charge is 0.493 e.